The Morgan fingerprint density at radius 1 is 1.15 bits per heavy atom. The molecule has 0 saturated carbocycles. The van der Waals surface area contributed by atoms with Crippen molar-refractivity contribution in [3.8, 4) is 0 Å². The Hall–Kier alpha value is -1.87. The molecule has 0 amide bonds. The Morgan fingerprint density at radius 3 is 2.45 bits per heavy atom. The first-order valence-electron chi connectivity index (χ1n) is 7.07. The minimum absolute atomic E-state index is 0.192. The van der Waals surface area contributed by atoms with Crippen molar-refractivity contribution >= 4 is 5.69 Å². The fourth-order valence-corrected chi connectivity index (χ4v) is 2.27. The summed E-state index contributed by atoms with van der Waals surface area (Å²) < 4.78 is 0. The van der Waals surface area contributed by atoms with E-state index in [4.69, 9.17) is 5.11 Å². The monoisotopic (exact) mass is 270 g/mol. The standard InChI is InChI=1S/C17H22N2O/c1-13(2)17(15-4-3-10-18-12-15)19-16-7-5-14(6-8-16)9-11-20/h3-8,10,12-13,17,19-20H,9,11H2,1-2H3. The number of aliphatic hydroxyl groups is 1. The number of aliphatic hydroxyl groups excluding tert-OH is 1. The van der Waals surface area contributed by atoms with Gasteiger partial charge in [0, 0.05) is 24.7 Å². The molecule has 0 fully saturated rings. The molecule has 0 saturated heterocycles. The van der Waals surface area contributed by atoms with Crippen LogP contribution in [0.1, 0.15) is 31.0 Å². The van der Waals surface area contributed by atoms with Crippen LogP contribution in [0.3, 0.4) is 0 Å². The number of rotatable bonds is 6. The second kappa shape index (κ2) is 7.06. The number of hydrogen-bond donors (Lipinski definition) is 2. The van der Waals surface area contributed by atoms with E-state index in [0.717, 1.165) is 11.3 Å². The average Bonchev–Trinajstić information content (AvgIpc) is 2.47. The fourth-order valence-electron chi connectivity index (χ4n) is 2.27. The van der Waals surface area contributed by atoms with Gasteiger partial charge in [0.25, 0.3) is 0 Å². The van der Waals surface area contributed by atoms with Crippen LogP contribution in [0.25, 0.3) is 0 Å². The first-order chi connectivity index (χ1) is 9.70. The maximum atomic E-state index is 8.93. The Bertz CT molecular complexity index is 508. The Morgan fingerprint density at radius 2 is 1.90 bits per heavy atom. The third-order valence-corrected chi connectivity index (χ3v) is 3.39. The number of aromatic nitrogens is 1. The van der Waals surface area contributed by atoms with Crippen LogP contribution in [0.4, 0.5) is 5.69 Å². The normalized spacial score (nSPS) is 12.4. The van der Waals surface area contributed by atoms with Crippen molar-refractivity contribution in [1.82, 2.24) is 4.98 Å². The molecule has 1 heterocycles. The molecule has 0 radical (unpaired) electrons. The summed E-state index contributed by atoms with van der Waals surface area (Å²) in [4.78, 5) is 4.20. The van der Waals surface area contributed by atoms with Gasteiger partial charge in [-0.15, -0.1) is 0 Å². The molecule has 1 aromatic heterocycles. The summed E-state index contributed by atoms with van der Waals surface area (Å²) in [5.74, 6) is 0.469. The van der Waals surface area contributed by atoms with Gasteiger partial charge in [-0.1, -0.05) is 32.0 Å². The van der Waals surface area contributed by atoms with Crippen molar-refractivity contribution in [2.75, 3.05) is 11.9 Å². The molecule has 2 N–H and O–H groups in total. The van der Waals surface area contributed by atoms with E-state index in [-0.39, 0.29) is 12.6 Å². The summed E-state index contributed by atoms with van der Waals surface area (Å²) in [6.45, 7) is 4.59. The average molecular weight is 270 g/mol. The molecule has 0 aliphatic rings. The highest BCUT2D eigenvalue weighted by Crippen LogP contribution is 2.26. The van der Waals surface area contributed by atoms with Crippen molar-refractivity contribution < 1.29 is 5.11 Å². The first kappa shape index (κ1) is 14.5. The van der Waals surface area contributed by atoms with E-state index in [0.29, 0.717) is 12.3 Å². The molecule has 0 aliphatic heterocycles. The van der Waals surface area contributed by atoms with Gasteiger partial charge in [0.2, 0.25) is 0 Å². The zero-order chi connectivity index (χ0) is 14.4. The van der Waals surface area contributed by atoms with E-state index < -0.39 is 0 Å². The largest absolute Gasteiger partial charge is 0.396 e. The van der Waals surface area contributed by atoms with Crippen LogP contribution in [-0.4, -0.2) is 16.7 Å². The van der Waals surface area contributed by atoms with Crippen LogP contribution >= 0.6 is 0 Å². The van der Waals surface area contributed by atoms with Crippen molar-refractivity contribution in [1.29, 1.82) is 0 Å². The third-order valence-electron chi connectivity index (χ3n) is 3.39. The summed E-state index contributed by atoms with van der Waals surface area (Å²) >= 11 is 0. The predicted molar refractivity (Wildman–Crippen MR) is 82.7 cm³/mol. The number of nitrogens with one attached hydrogen (secondary N) is 1. The van der Waals surface area contributed by atoms with Crippen LogP contribution < -0.4 is 5.32 Å². The van der Waals surface area contributed by atoms with Crippen molar-refractivity contribution in [2.45, 2.75) is 26.3 Å². The predicted octanol–water partition coefficient (Wildman–Crippen LogP) is 3.43. The second-order valence-corrected chi connectivity index (χ2v) is 5.32. The van der Waals surface area contributed by atoms with E-state index in [1.165, 1.54) is 5.56 Å². The van der Waals surface area contributed by atoms with Gasteiger partial charge < -0.3 is 10.4 Å². The van der Waals surface area contributed by atoms with E-state index in [2.05, 4.69) is 54.5 Å². The lowest BCUT2D eigenvalue weighted by atomic mass is 9.97. The minimum Gasteiger partial charge on any atom is -0.396 e. The fraction of sp³-hybridized carbons (Fsp3) is 0.353. The van der Waals surface area contributed by atoms with Gasteiger partial charge in [-0.2, -0.15) is 0 Å². The molecule has 1 unspecified atom stereocenters. The minimum atomic E-state index is 0.192. The number of pyridine rings is 1. The molecular formula is C17H22N2O. The van der Waals surface area contributed by atoms with Crippen molar-refractivity contribution in [2.24, 2.45) is 5.92 Å². The van der Waals surface area contributed by atoms with E-state index in [1.54, 1.807) is 6.20 Å². The summed E-state index contributed by atoms with van der Waals surface area (Å²) in [6.07, 6.45) is 4.42. The molecule has 106 valence electrons. The summed E-state index contributed by atoms with van der Waals surface area (Å²) in [6, 6.07) is 12.6. The van der Waals surface area contributed by atoms with Gasteiger partial charge in [-0.05, 0) is 41.7 Å². The van der Waals surface area contributed by atoms with Gasteiger partial charge in [-0.3, -0.25) is 4.98 Å². The summed E-state index contributed by atoms with van der Waals surface area (Å²) in [7, 11) is 0. The van der Waals surface area contributed by atoms with Crippen LogP contribution in [0.15, 0.2) is 48.8 Å². The van der Waals surface area contributed by atoms with Gasteiger partial charge >= 0.3 is 0 Å². The first-order valence-corrected chi connectivity index (χ1v) is 7.07. The molecule has 2 rings (SSSR count). The molecular weight excluding hydrogens is 248 g/mol. The van der Waals surface area contributed by atoms with Gasteiger partial charge in [-0.25, -0.2) is 0 Å². The zero-order valence-electron chi connectivity index (χ0n) is 12.1. The molecule has 0 spiro atoms. The number of anilines is 1. The molecule has 1 aromatic carbocycles. The Kier molecular flexibility index (Phi) is 5.13. The molecule has 1 atom stereocenters. The molecule has 2 aromatic rings. The molecule has 20 heavy (non-hydrogen) atoms. The van der Waals surface area contributed by atoms with E-state index >= 15 is 0 Å². The molecule has 3 heteroatoms. The maximum absolute atomic E-state index is 8.93. The zero-order valence-corrected chi connectivity index (χ0v) is 12.1. The Balaban J connectivity index is 2.12. The maximum Gasteiger partial charge on any atom is 0.0551 e. The van der Waals surface area contributed by atoms with Gasteiger partial charge in [0.1, 0.15) is 0 Å². The van der Waals surface area contributed by atoms with Crippen molar-refractivity contribution in [3.63, 3.8) is 0 Å². The highest BCUT2D eigenvalue weighted by atomic mass is 16.2. The molecule has 0 aliphatic carbocycles. The van der Waals surface area contributed by atoms with Gasteiger partial charge in [0.05, 0.1) is 6.04 Å². The quantitative estimate of drug-likeness (QED) is 0.845. The second-order valence-electron chi connectivity index (χ2n) is 5.32. The number of benzene rings is 1. The SMILES string of the molecule is CC(C)C(Nc1ccc(CCO)cc1)c1cccnc1. The lowest BCUT2D eigenvalue weighted by Gasteiger charge is -2.24. The third kappa shape index (κ3) is 3.81. The van der Waals surface area contributed by atoms with Crippen LogP contribution in [0.5, 0.6) is 0 Å². The molecule has 0 bridgehead atoms. The van der Waals surface area contributed by atoms with Crippen LogP contribution in [0.2, 0.25) is 0 Å². The summed E-state index contributed by atoms with van der Waals surface area (Å²) in [5, 5.41) is 12.5. The Labute approximate surface area is 120 Å². The highest BCUT2D eigenvalue weighted by molar-refractivity contribution is 5.47. The van der Waals surface area contributed by atoms with Crippen molar-refractivity contribution in [3.05, 3.63) is 59.9 Å². The molecule has 3 nitrogen and oxygen atoms in total. The smallest absolute Gasteiger partial charge is 0.0551 e. The lowest BCUT2D eigenvalue weighted by Crippen LogP contribution is -2.17. The number of hydrogen-bond acceptors (Lipinski definition) is 3. The van der Waals surface area contributed by atoms with E-state index in [9.17, 15) is 0 Å². The van der Waals surface area contributed by atoms with Crippen LogP contribution in [-0.2, 0) is 6.42 Å². The topological polar surface area (TPSA) is 45.1 Å². The van der Waals surface area contributed by atoms with E-state index in [1.807, 2.05) is 12.3 Å². The lowest BCUT2D eigenvalue weighted by molar-refractivity contribution is 0.299. The van der Waals surface area contributed by atoms with Gasteiger partial charge in [0.15, 0.2) is 0 Å². The number of nitrogens with zero attached hydrogens (tertiary/aromatic N) is 1. The summed E-state index contributed by atoms with van der Waals surface area (Å²) in [5.41, 5.74) is 3.44. The van der Waals surface area contributed by atoms with Crippen LogP contribution in [0, 0.1) is 5.92 Å². The highest BCUT2D eigenvalue weighted by Gasteiger charge is 2.15.